The highest BCUT2D eigenvalue weighted by Gasteiger charge is 2.21. The highest BCUT2D eigenvalue weighted by atomic mass is 35.5. The summed E-state index contributed by atoms with van der Waals surface area (Å²) in [7, 11) is 0. The Labute approximate surface area is 159 Å². The Kier molecular flexibility index (Phi) is 8.31. The second kappa shape index (κ2) is 9.72. The van der Waals surface area contributed by atoms with Gasteiger partial charge in [0.05, 0.1) is 13.1 Å². The van der Waals surface area contributed by atoms with Crippen molar-refractivity contribution in [2.45, 2.75) is 13.5 Å². The van der Waals surface area contributed by atoms with Gasteiger partial charge in [-0.2, -0.15) is 4.98 Å². The standard InChI is InChI=1S/C16H21N5O2.2ClH/c1-12-2-4-13(5-3-12)16-18-14(23-19-16)11-20-6-8-21(9-7-20)15(22)10-17;;/h2-5H,6-11,17H2,1H3;2*1H. The first-order valence-electron chi connectivity index (χ1n) is 7.75. The highest BCUT2D eigenvalue weighted by molar-refractivity contribution is 5.85. The van der Waals surface area contributed by atoms with Crippen molar-refractivity contribution in [1.29, 1.82) is 0 Å². The molecule has 1 aliphatic heterocycles. The minimum Gasteiger partial charge on any atom is -0.339 e. The van der Waals surface area contributed by atoms with Crippen molar-refractivity contribution in [2.24, 2.45) is 5.73 Å². The van der Waals surface area contributed by atoms with Crippen LogP contribution >= 0.6 is 24.8 Å². The maximum absolute atomic E-state index is 11.6. The third kappa shape index (κ3) is 5.40. The summed E-state index contributed by atoms with van der Waals surface area (Å²) < 4.78 is 5.34. The summed E-state index contributed by atoms with van der Waals surface area (Å²) in [5, 5.41) is 4.04. The van der Waals surface area contributed by atoms with Crippen molar-refractivity contribution in [3.63, 3.8) is 0 Å². The number of aryl methyl sites for hydroxylation is 1. The van der Waals surface area contributed by atoms with Crippen LogP contribution in [0.2, 0.25) is 0 Å². The fourth-order valence-electron chi connectivity index (χ4n) is 2.61. The Balaban J connectivity index is 0.00000156. The summed E-state index contributed by atoms with van der Waals surface area (Å²) in [4.78, 5) is 20.0. The lowest BCUT2D eigenvalue weighted by atomic mass is 10.1. The van der Waals surface area contributed by atoms with Crippen LogP contribution in [0.4, 0.5) is 0 Å². The van der Waals surface area contributed by atoms with E-state index >= 15 is 0 Å². The second-order valence-corrected chi connectivity index (χ2v) is 5.74. The molecule has 138 valence electrons. The van der Waals surface area contributed by atoms with Gasteiger partial charge in [0.2, 0.25) is 17.6 Å². The number of nitrogens with zero attached hydrogens (tertiary/aromatic N) is 4. The Morgan fingerprint density at radius 2 is 1.80 bits per heavy atom. The SMILES string of the molecule is Cc1ccc(-c2noc(CN3CCN(C(=O)CN)CC3)n2)cc1.Cl.Cl. The van der Waals surface area contributed by atoms with Gasteiger partial charge in [-0.1, -0.05) is 35.0 Å². The van der Waals surface area contributed by atoms with E-state index in [2.05, 4.69) is 15.0 Å². The Morgan fingerprint density at radius 3 is 2.40 bits per heavy atom. The zero-order valence-electron chi connectivity index (χ0n) is 14.1. The van der Waals surface area contributed by atoms with Crippen LogP contribution in [0.1, 0.15) is 11.5 Å². The van der Waals surface area contributed by atoms with Gasteiger partial charge in [0.15, 0.2) is 0 Å². The lowest BCUT2D eigenvalue weighted by Crippen LogP contribution is -2.49. The summed E-state index contributed by atoms with van der Waals surface area (Å²) in [6.45, 7) is 5.67. The molecule has 1 aromatic heterocycles. The van der Waals surface area contributed by atoms with Crippen LogP contribution in [0.15, 0.2) is 28.8 Å². The number of benzene rings is 1. The molecule has 1 amide bonds. The summed E-state index contributed by atoms with van der Waals surface area (Å²) in [5.41, 5.74) is 7.54. The van der Waals surface area contributed by atoms with Crippen molar-refractivity contribution < 1.29 is 9.32 Å². The molecular formula is C16H23Cl2N5O2. The average molecular weight is 388 g/mol. The molecule has 0 radical (unpaired) electrons. The molecule has 1 saturated heterocycles. The van der Waals surface area contributed by atoms with E-state index in [0.717, 1.165) is 18.7 Å². The number of halogens is 2. The predicted molar refractivity (Wildman–Crippen MR) is 99.9 cm³/mol. The smallest absolute Gasteiger partial charge is 0.241 e. The molecule has 0 bridgehead atoms. The zero-order valence-corrected chi connectivity index (χ0v) is 15.7. The fourth-order valence-corrected chi connectivity index (χ4v) is 2.61. The van der Waals surface area contributed by atoms with Gasteiger partial charge in [0.1, 0.15) is 0 Å². The normalized spacial score (nSPS) is 14.6. The van der Waals surface area contributed by atoms with Gasteiger partial charge in [-0.3, -0.25) is 9.69 Å². The van der Waals surface area contributed by atoms with E-state index in [1.54, 1.807) is 4.90 Å². The zero-order chi connectivity index (χ0) is 16.2. The molecule has 0 aliphatic carbocycles. The molecule has 1 aromatic carbocycles. The van der Waals surface area contributed by atoms with Crippen LogP contribution in [-0.2, 0) is 11.3 Å². The monoisotopic (exact) mass is 387 g/mol. The van der Waals surface area contributed by atoms with Gasteiger partial charge in [-0.25, -0.2) is 0 Å². The summed E-state index contributed by atoms with van der Waals surface area (Å²) in [5.74, 6) is 1.21. The average Bonchev–Trinajstić information content (AvgIpc) is 3.04. The van der Waals surface area contributed by atoms with Crippen LogP contribution in [0.5, 0.6) is 0 Å². The molecule has 1 fully saturated rings. The van der Waals surface area contributed by atoms with Gasteiger partial charge >= 0.3 is 0 Å². The van der Waals surface area contributed by atoms with E-state index in [1.807, 2.05) is 31.2 Å². The number of carbonyl (C=O) groups is 1. The van der Waals surface area contributed by atoms with E-state index < -0.39 is 0 Å². The minimum atomic E-state index is 0. The van der Waals surface area contributed by atoms with E-state index in [-0.39, 0.29) is 37.3 Å². The lowest BCUT2D eigenvalue weighted by molar-refractivity contribution is -0.131. The second-order valence-electron chi connectivity index (χ2n) is 5.74. The number of nitrogens with two attached hydrogens (primary N) is 1. The summed E-state index contributed by atoms with van der Waals surface area (Å²) in [6, 6.07) is 8.03. The van der Waals surface area contributed by atoms with Crippen LogP contribution in [0.25, 0.3) is 11.4 Å². The van der Waals surface area contributed by atoms with Gasteiger partial charge in [-0.15, -0.1) is 24.8 Å². The first-order chi connectivity index (χ1) is 11.2. The number of hydrogen-bond acceptors (Lipinski definition) is 6. The quantitative estimate of drug-likeness (QED) is 0.854. The molecule has 9 heteroatoms. The fraction of sp³-hybridized carbons (Fsp3) is 0.438. The molecule has 3 rings (SSSR count). The third-order valence-electron chi connectivity index (χ3n) is 4.04. The molecule has 1 aliphatic rings. The van der Waals surface area contributed by atoms with Gasteiger partial charge in [0, 0.05) is 31.7 Å². The van der Waals surface area contributed by atoms with Crippen LogP contribution in [0, 0.1) is 6.92 Å². The van der Waals surface area contributed by atoms with Crippen LogP contribution < -0.4 is 5.73 Å². The summed E-state index contributed by atoms with van der Waals surface area (Å²) >= 11 is 0. The number of hydrogen-bond donors (Lipinski definition) is 1. The van der Waals surface area contributed by atoms with Crippen LogP contribution in [-0.4, -0.2) is 58.6 Å². The van der Waals surface area contributed by atoms with Crippen molar-refractivity contribution >= 4 is 30.7 Å². The number of amides is 1. The van der Waals surface area contributed by atoms with Crippen molar-refractivity contribution in [2.75, 3.05) is 32.7 Å². The molecule has 2 heterocycles. The van der Waals surface area contributed by atoms with Crippen LogP contribution in [0.3, 0.4) is 0 Å². The third-order valence-corrected chi connectivity index (χ3v) is 4.04. The number of rotatable bonds is 4. The first-order valence-corrected chi connectivity index (χ1v) is 7.75. The van der Waals surface area contributed by atoms with Gasteiger partial charge < -0.3 is 15.2 Å². The van der Waals surface area contributed by atoms with E-state index in [1.165, 1.54) is 5.56 Å². The van der Waals surface area contributed by atoms with Crippen molar-refractivity contribution in [3.05, 3.63) is 35.7 Å². The molecule has 7 nitrogen and oxygen atoms in total. The topological polar surface area (TPSA) is 88.5 Å². The van der Waals surface area contributed by atoms with Crippen molar-refractivity contribution in [1.82, 2.24) is 19.9 Å². The maximum Gasteiger partial charge on any atom is 0.241 e. The van der Waals surface area contributed by atoms with E-state index in [9.17, 15) is 4.79 Å². The molecule has 0 atom stereocenters. The minimum absolute atomic E-state index is 0. The maximum atomic E-state index is 11.6. The Morgan fingerprint density at radius 1 is 1.16 bits per heavy atom. The predicted octanol–water partition coefficient (Wildman–Crippen LogP) is 1.49. The molecular weight excluding hydrogens is 365 g/mol. The Bertz CT molecular complexity index is 669. The highest BCUT2D eigenvalue weighted by Crippen LogP contribution is 2.17. The largest absolute Gasteiger partial charge is 0.339 e. The van der Waals surface area contributed by atoms with Gasteiger partial charge in [-0.05, 0) is 6.92 Å². The molecule has 0 spiro atoms. The molecule has 0 unspecified atom stereocenters. The first kappa shape index (κ1) is 21.4. The number of aromatic nitrogens is 2. The molecule has 0 saturated carbocycles. The number of carbonyl (C=O) groups excluding carboxylic acids is 1. The number of piperazine rings is 1. The lowest BCUT2D eigenvalue weighted by Gasteiger charge is -2.33. The summed E-state index contributed by atoms with van der Waals surface area (Å²) in [6.07, 6.45) is 0. The molecule has 2 N–H and O–H groups in total. The van der Waals surface area contributed by atoms with Gasteiger partial charge in [0.25, 0.3) is 0 Å². The Hall–Kier alpha value is -1.67. The molecule has 2 aromatic rings. The molecule has 25 heavy (non-hydrogen) atoms. The van der Waals surface area contributed by atoms with E-state index in [0.29, 0.717) is 31.3 Å². The van der Waals surface area contributed by atoms with E-state index in [4.69, 9.17) is 10.3 Å². The van der Waals surface area contributed by atoms with Crippen molar-refractivity contribution in [3.8, 4) is 11.4 Å².